The number of nitrogens with zero attached hydrogens (tertiary/aromatic N) is 1. The highest BCUT2D eigenvalue weighted by atomic mass is 32.2. The third-order valence-electron chi connectivity index (χ3n) is 2.65. The summed E-state index contributed by atoms with van der Waals surface area (Å²) in [7, 11) is -3.61. The fourth-order valence-electron chi connectivity index (χ4n) is 1.51. The summed E-state index contributed by atoms with van der Waals surface area (Å²) < 4.78 is 24.0. The topological polar surface area (TPSA) is 74.3 Å². The van der Waals surface area contributed by atoms with Gasteiger partial charge in [0.15, 0.2) is 0 Å². The number of aromatic nitrogens is 1. The van der Waals surface area contributed by atoms with E-state index in [1.807, 2.05) is 19.1 Å². The van der Waals surface area contributed by atoms with E-state index in [0.717, 1.165) is 11.3 Å². The number of hydrogen-bond acceptors (Lipinski definition) is 3. The van der Waals surface area contributed by atoms with Crippen LogP contribution in [0.25, 0.3) is 0 Å². The molecule has 0 aliphatic rings. The van der Waals surface area contributed by atoms with Gasteiger partial charge >= 0.3 is 0 Å². The second-order valence-electron chi connectivity index (χ2n) is 4.19. The summed E-state index contributed by atoms with van der Waals surface area (Å²) >= 11 is 0. The molecule has 0 saturated carbocycles. The Balaban J connectivity index is 2.18. The van der Waals surface area contributed by atoms with Crippen LogP contribution in [-0.2, 0) is 10.0 Å². The van der Waals surface area contributed by atoms with Crippen molar-refractivity contribution in [3.05, 3.63) is 53.9 Å². The first-order valence-electron chi connectivity index (χ1n) is 5.75. The smallest absolute Gasteiger partial charge is 0.276 e. The number of aromatic amines is 1. The molecule has 1 aromatic carbocycles. The molecule has 0 saturated heterocycles. The van der Waals surface area contributed by atoms with Crippen LogP contribution < -0.4 is 4.83 Å². The predicted molar refractivity (Wildman–Crippen MR) is 74.5 cm³/mol. The second-order valence-corrected chi connectivity index (χ2v) is 5.85. The number of rotatable bonds is 4. The van der Waals surface area contributed by atoms with Crippen LogP contribution in [0.2, 0.25) is 0 Å². The standard InChI is InChI=1S/C13H15N3O2S/c1-10-5-7-12(8-6-10)19(17,18)16-15-11(2)13-4-3-9-14-13/h3-9,14,16H,1-2H3/b15-11+. The molecule has 1 aromatic heterocycles. The van der Waals surface area contributed by atoms with Gasteiger partial charge in [-0.05, 0) is 38.1 Å². The van der Waals surface area contributed by atoms with Crippen LogP contribution in [0.15, 0.2) is 52.6 Å². The van der Waals surface area contributed by atoms with Crippen molar-refractivity contribution in [3.8, 4) is 0 Å². The van der Waals surface area contributed by atoms with E-state index in [0.29, 0.717) is 5.71 Å². The summed E-state index contributed by atoms with van der Waals surface area (Å²) in [6.45, 7) is 3.63. The van der Waals surface area contributed by atoms with Crippen molar-refractivity contribution in [3.63, 3.8) is 0 Å². The number of benzene rings is 1. The first kappa shape index (κ1) is 13.4. The summed E-state index contributed by atoms with van der Waals surface area (Å²) in [5.41, 5.74) is 2.34. The Bertz CT molecular complexity index is 671. The fourth-order valence-corrected chi connectivity index (χ4v) is 2.37. The molecule has 0 radical (unpaired) electrons. The van der Waals surface area contributed by atoms with E-state index in [4.69, 9.17) is 0 Å². The Hall–Kier alpha value is -2.08. The van der Waals surface area contributed by atoms with Gasteiger partial charge in [-0.1, -0.05) is 17.7 Å². The first-order valence-corrected chi connectivity index (χ1v) is 7.24. The van der Waals surface area contributed by atoms with E-state index in [9.17, 15) is 8.42 Å². The molecule has 0 unspecified atom stereocenters. The van der Waals surface area contributed by atoms with Gasteiger partial charge in [0.05, 0.1) is 16.3 Å². The molecule has 2 rings (SSSR count). The number of sulfonamides is 1. The molecular weight excluding hydrogens is 262 g/mol. The summed E-state index contributed by atoms with van der Waals surface area (Å²) in [5.74, 6) is 0. The molecule has 2 aromatic rings. The molecule has 1 heterocycles. The Morgan fingerprint density at radius 3 is 2.47 bits per heavy atom. The summed E-state index contributed by atoms with van der Waals surface area (Å²) in [4.78, 5) is 5.37. The lowest BCUT2D eigenvalue weighted by Gasteiger charge is -2.04. The van der Waals surface area contributed by atoms with Gasteiger partial charge in [0, 0.05) is 6.20 Å². The van der Waals surface area contributed by atoms with Crippen molar-refractivity contribution in [2.45, 2.75) is 18.7 Å². The first-order chi connectivity index (χ1) is 8.99. The second kappa shape index (κ2) is 5.27. The van der Waals surface area contributed by atoms with Crippen LogP contribution in [0.4, 0.5) is 0 Å². The third kappa shape index (κ3) is 3.23. The number of hydrazone groups is 1. The van der Waals surface area contributed by atoms with Crippen molar-refractivity contribution in [1.29, 1.82) is 0 Å². The third-order valence-corrected chi connectivity index (χ3v) is 3.88. The van der Waals surface area contributed by atoms with E-state index >= 15 is 0 Å². The van der Waals surface area contributed by atoms with Gasteiger partial charge in [0.2, 0.25) is 0 Å². The highest BCUT2D eigenvalue weighted by molar-refractivity contribution is 7.89. The van der Waals surface area contributed by atoms with Crippen molar-refractivity contribution >= 4 is 15.7 Å². The molecular formula is C13H15N3O2S. The van der Waals surface area contributed by atoms with Crippen LogP contribution >= 0.6 is 0 Å². The monoisotopic (exact) mass is 277 g/mol. The van der Waals surface area contributed by atoms with Crippen LogP contribution in [0.3, 0.4) is 0 Å². The number of hydrogen-bond donors (Lipinski definition) is 2. The van der Waals surface area contributed by atoms with E-state index < -0.39 is 10.0 Å². The van der Waals surface area contributed by atoms with Crippen LogP contribution in [0.1, 0.15) is 18.2 Å². The molecule has 6 heteroatoms. The summed E-state index contributed by atoms with van der Waals surface area (Å²) in [6.07, 6.45) is 1.75. The molecule has 0 bridgehead atoms. The van der Waals surface area contributed by atoms with Crippen LogP contribution in [0.5, 0.6) is 0 Å². The van der Waals surface area contributed by atoms with Crippen molar-refractivity contribution in [2.75, 3.05) is 0 Å². The molecule has 0 atom stereocenters. The molecule has 2 N–H and O–H groups in total. The van der Waals surface area contributed by atoms with Gasteiger partial charge in [-0.2, -0.15) is 18.4 Å². The van der Waals surface area contributed by atoms with Gasteiger partial charge < -0.3 is 4.98 Å². The zero-order valence-electron chi connectivity index (χ0n) is 10.7. The van der Waals surface area contributed by atoms with Gasteiger partial charge in [-0.3, -0.25) is 0 Å². The SMILES string of the molecule is C/C(=N\NS(=O)(=O)c1ccc(C)cc1)c1ccc[nH]1. The van der Waals surface area contributed by atoms with Gasteiger partial charge in [0.1, 0.15) is 0 Å². The largest absolute Gasteiger partial charge is 0.360 e. The predicted octanol–water partition coefficient (Wildman–Crippen LogP) is 2.03. The van der Waals surface area contributed by atoms with E-state index in [-0.39, 0.29) is 4.90 Å². The lowest BCUT2D eigenvalue weighted by atomic mass is 10.2. The molecule has 0 aliphatic heterocycles. The minimum Gasteiger partial charge on any atom is -0.360 e. The maximum Gasteiger partial charge on any atom is 0.276 e. The van der Waals surface area contributed by atoms with Crippen molar-refractivity contribution < 1.29 is 8.42 Å². The Kier molecular flexibility index (Phi) is 3.71. The van der Waals surface area contributed by atoms with Gasteiger partial charge in [-0.25, -0.2) is 0 Å². The quantitative estimate of drug-likeness (QED) is 0.663. The Morgan fingerprint density at radius 1 is 1.21 bits per heavy atom. The lowest BCUT2D eigenvalue weighted by Crippen LogP contribution is -2.20. The molecule has 0 amide bonds. The Morgan fingerprint density at radius 2 is 1.89 bits per heavy atom. The minimum atomic E-state index is -3.61. The van der Waals surface area contributed by atoms with Crippen LogP contribution in [-0.4, -0.2) is 19.1 Å². The molecule has 0 aliphatic carbocycles. The number of H-pyrrole nitrogens is 1. The molecule has 0 fully saturated rings. The minimum absolute atomic E-state index is 0.195. The van der Waals surface area contributed by atoms with E-state index in [1.165, 1.54) is 0 Å². The van der Waals surface area contributed by atoms with E-state index in [2.05, 4.69) is 14.9 Å². The van der Waals surface area contributed by atoms with Crippen molar-refractivity contribution in [1.82, 2.24) is 9.82 Å². The zero-order valence-corrected chi connectivity index (χ0v) is 11.5. The zero-order chi connectivity index (χ0) is 13.9. The number of nitrogens with one attached hydrogen (secondary N) is 2. The lowest BCUT2D eigenvalue weighted by molar-refractivity contribution is 0.584. The van der Waals surface area contributed by atoms with Crippen LogP contribution in [0, 0.1) is 6.92 Å². The average Bonchev–Trinajstić information content (AvgIpc) is 2.90. The maximum atomic E-state index is 12.0. The molecule has 5 nitrogen and oxygen atoms in total. The Labute approximate surface area is 112 Å². The average molecular weight is 277 g/mol. The summed E-state index contributed by atoms with van der Waals surface area (Å²) in [6, 6.07) is 10.2. The summed E-state index contributed by atoms with van der Waals surface area (Å²) in [5, 5.41) is 3.88. The van der Waals surface area contributed by atoms with Gasteiger partial charge in [0.25, 0.3) is 10.0 Å². The molecule has 100 valence electrons. The molecule has 0 spiro atoms. The highest BCUT2D eigenvalue weighted by Crippen LogP contribution is 2.09. The fraction of sp³-hybridized carbons (Fsp3) is 0.154. The van der Waals surface area contributed by atoms with E-state index in [1.54, 1.807) is 37.4 Å². The highest BCUT2D eigenvalue weighted by Gasteiger charge is 2.12. The maximum absolute atomic E-state index is 12.0. The number of aryl methyl sites for hydroxylation is 1. The normalized spacial score (nSPS) is 12.4. The molecule has 19 heavy (non-hydrogen) atoms. The van der Waals surface area contributed by atoms with Gasteiger partial charge in [-0.15, -0.1) is 0 Å². The van der Waals surface area contributed by atoms with Crippen molar-refractivity contribution in [2.24, 2.45) is 5.10 Å².